The maximum Gasteiger partial charge on any atom is 0.329 e. The second-order valence-corrected chi connectivity index (χ2v) is 8.14. The van der Waals surface area contributed by atoms with Crippen LogP contribution in [0.1, 0.15) is 25.3 Å². The average Bonchev–Trinajstić information content (AvgIpc) is 2.99. The van der Waals surface area contributed by atoms with Crippen molar-refractivity contribution in [1.29, 1.82) is 0 Å². The number of amides is 2. The fourth-order valence-corrected chi connectivity index (χ4v) is 4.49. The molecule has 1 unspecified atom stereocenters. The number of anilines is 1. The van der Waals surface area contributed by atoms with Crippen LogP contribution in [0, 0.1) is 0 Å². The number of carbonyl (C=O) groups is 2. The predicted molar refractivity (Wildman–Crippen MR) is 116 cm³/mol. The summed E-state index contributed by atoms with van der Waals surface area (Å²) in [4.78, 5) is 41.6. The van der Waals surface area contributed by atoms with Crippen LogP contribution in [0.4, 0.5) is 5.69 Å². The van der Waals surface area contributed by atoms with Crippen LogP contribution in [0.3, 0.4) is 0 Å². The van der Waals surface area contributed by atoms with E-state index in [1.807, 2.05) is 25.2 Å². The van der Waals surface area contributed by atoms with Crippen molar-refractivity contribution in [2.45, 2.75) is 25.3 Å². The minimum Gasteiger partial charge on any atom is -0.369 e. The number of carbonyl (C=O) groups excluding carboxylic acids is 2. The molecule has 2 amide bonds. The lowest BCUT2D eigenvalue weighted by Gasteiger charge is -2.36. The van der Waals surface area contributed by atoms with E-state index >= 15 is 0 Å². The fraction of sp³-hybridized carbons (Fsp3) is 0.571. The highest BCUT2D eigenvalue weighted by Crippen LogP contribution is 2.27. The summed E-state index contributed by atoms with van der Waals surface area (Å²) in [5.41, 5.74) is 2.39. The molecule has 2 aliphatic rings. The average molecular weight is 415 g/mol. The molecule has 0 aliphatic carbocycles. The van der Waals surface area contributed by atoms with E-state index in [2.05, 4.69) is 20.4 Å². The van der Waals surface area contributed by atoms with Crippen LogP contribution in [0.25, 0.3) is 11.0 Å². The van der Waals surface area contributed by atoms with Gasteiger partial charge in [-0.05, 0) is 51.2 Å². The second kappa shape index (κ2) is 8.61. The van der Waals surface area contributed by atoms with Gasteiger partial charge >= 0.3 is 5.69 Å². The molecule has 2 saturated heterocycles. The number of nitrogens with one attached hydrogen (secondary N) is 2. The van der Waals surface area contributed by atoms with Gasteiger partial charge in [0.05, 0.1) is 11.0 Å². The number of imide groups is 1. The van der Waals surface area contributed by atoms with Gasteiger partial charge in [0, 0.05) is 45.3 Å². The molecule has 162 valence electrons. The first-order chi connectivity index (χ1) is 14.5. The van der Waals surface area contributed by atoms with Gasteiger partial charge in [-0.15, -0.1) is 0 Å². The number of benzene rings is 1. The number of hydrogen-bond acceptors (Lipinski definition) is 6. The smallest absolute Gasteiger partial charge is 0.329 e. The van der Waals surface area contributed by atoms with Crippen molar-refractivity contribution in [2.24, 2.45) is 7.05 Å². The van der Waals surface area contributed by atoms with Crippen molar-refractivity contribution >= 4 is 28.5 Å². The molecule has 9 nitrogen and oxygen atoms in total. The Balaban J connectivity index is 1.54. The highest BCUT2D eigenvalue weighted by molar-refractivity contribution is 6.00. The number of fused-ring (bicyclic) bond motifs is 1. The molecule has 2 N–H and O–H groups in total. The van der Waals surface area contributed by atoms with Crippen molar-refractivity contribution in [3.8, 4) is 0 Å². The van der Waals surface area contributed by atoms with Crippen molar-refractivity contribution in [2.75, 3.05) is 51.2 Å². The molecule has 9 heteroatoms. The van der Waals surface area contributed by atoms with Gasteiger partial charge in [0.1, 0.15) is 6.04 Å². The van der Waals surface area contributed by atoms with Crippen LogP contribution >= 0.6 is 0 Å². The van der Waals surface area contributed by atoms with E-state index in [0.29, 0.717) is 6.42 Å². The summed E-state index contributed by atoms with van der Waals surface area (Å²) in [6, 6.07) is 5.34. The summed E-state index contributed by atoms with van der Waals surface area (Å²) >= 11 is 0. The van der Waals surface area contributed by atoms with E-state index in [-0.39, 0.29) is 18.0 Å². The number of imidazole rings is 1. The Hall–Kier alpha value is -2.65. The Bertz CT molecular complexity index is 1000. The number of piperidine rings is 1. The molecule has 0 spiro atoms. The molecule has 0 radical (unpaired) electrons. The molecule has 4 rings (SSSR count). The maximum atomic E-state index is 12.9. The monoisotopic (exact) mass is 414 g/mol. The molecular weight excluding hydrogens is 384 g/mol. The highest BCUT2D eigenvalue weighted by atomic mass is 16.2. The maximum absolute atomic E-state index is 12.9. The van der Waals surface area contributed by atoms with Gasteiger partial charge in [0.2, 0.25) is 11.8 Å². The molecule has 2 aromatic rings. The standard InChI is InChI=1S/C21H30N6O3/c1-22-8-3-9-25-10-12-26(13-11-25)15-4-5-16-18(14-15)24(2)21(30)27(16)17-6-7-19(28)23-20(17)29/h4-5,14,17,22H,3,6-13H2,1-2H3,(H,23,28,29). The van der Waals surface area contributed by atoms with Crippen molar-refractivity contribution < 1.29 is 9.59 Å². The number of aromatic nitrogens is 2. The van der Waals surface area contributed by atoms with E-state index in [9.17, 15) is 14.4 Å². The quantitative estimate of drug-likeness (QED) is 0.513. The van der Waals surface area contributed by atoms with Crippen molar-refractivity contribution in [3.05, 3.63) is 28.7 Å². The fourth-order valence-electron chi connectivity index (χ4n) is 4.49. The first-order valence-corrected chi connectivity index (χ1v) is 10.7. The number of hydrogen-bond donors (Lipinski definition) is 2. The first kappa shape index (κ1) is 20.6. The van der Waals surface area contributed by atoms with Gasteiger partial charge < -0.3 is 10.2 Å². The molecule has 30 heavy (non-hydrogen) atoms. The van der Waals surface area contributed by atoms with Crippen LogP contribution in [0.15, 0.2) is 23.0 Å². The van der Waals surface area contributed by atoms with Gasteiger partial charge in [-0.1, -0.05) is 0 Å². The molecule has 0 bridgehead atoms. The normalized spacial score (nSPS) is 20.7. The highest BCUT2D eigenvalue weighted by Gasteiger charge is 2.31. The van der Waals surface area contributed by atoms with Crippen LogP contribution in [0.2, 0.25) is 0 Å². The molecule has 2 aliphatic heterocycles. The minimum absolute atomic E-state index is 0.231. The summed E-state index contributed by atoms with van der Waals surface area (Å²) in [5, 5.41) is 5.54. The van der Waals surface area contributed by atoms with E-state index < -0.39 is 11.9 Å². The number of piperazine rings is 1. The third kappa shape index (κ3) is 3.87. The predicted octanol–water partition coefficient (Wildman–Crippen LogP) is 0.0492. The largest absolute Gasteiger partial charge is 0.369 e. The van der Waals surface area contributed by atoms with Crippen LogP contribution in [-0.2, 0) is 16.6 Å². The zero-order valence-corrected chi connectivity index (χ0v) is 17.7. The lowest BCUT2D eigenvalue weighted by atomic mass is 10.1. The van der Waals surface area contributed by atoms with Gasteiger partial charge in [0.15, 0.2) is 0 Å². The third-order valence-corrected chi connectivity index (χ3v) is 6.23. The molecular formula is C21H30N6O3. The minimum atomic E-state index is -0.647. The Morgan fingerprint density at radius 1 is 1.10 bits per heavy atom. The molecule has 1 atom stereocenters. The third-order valence-electron chi connectivity index (χ3n) is 6.23. The van der Waals surface area contributed by atoms with E-state index in [4.69, 9.17) is 0 Å². The van der Waals surface area contributed by atoms with E-state index in [0.717, 1.165) is 62.4 Å². The summed E-state index contributed by atoms with van der Waals surface area (Å²) in [6.07, 6.45) is 1.75. The topological polar surface area (TPSA) is 91.6 Å². The van der Waals surface area contributed by atoms with Gasteiger partial charge in [-0.25, -0.2) is 4.79 Å². The van der Waals surface area contributed by atoms with Crippen molar-refractivity contribution in [3.63, 3.8) is 0 Å². The Kier molecular flexibility index (Phi) is 5.92. The lowest BCUT2D eigenvalue weighted by Crippen LogP contribution is -2.46. The summed E-state index contributed by atoms with van der Waals surface area (Å²) < 4.78 is 3.12. The van der Waals surface area contributed by atoms with Crippen LogP contribution < -0.4 is 21.2 Å². The summed E-state index contributed by atoms with van der Waals surface area (Å²) in [6.45, 7) is 6.10. The molecule has 1 aromatic carbocycles. The second-order valence-electron chi connectivity index (χ2n) is 8.14. The van der Waals surface area contributed by atoms with Crippen LogP contribution in [0.5, 0.6) is 0 Å². The Labute approximate surface area is 175 Å². The Morgan fingerprint density at radius 2 is 1.87 bits per heavy atom. The molecule has 1 aromatic heterocycles. The number of aryl methyl sites for hydroxylation is 1. The van der Waals surface area contributed by atoms with Gasteiger partial charge in [-0.3, -0.25) is 28.9 Å². The van der Waals surface area contributed by atoms with Crippen LogP contribution in [-0.4, -0.2) is 72.2 Å². The summed E-state index contributed by atoms with van der Waals surface area (Å²) in [7, 11) is 3.71. The SMILES string of the molecule is CNCCCN1CCN(c2ccc3c(c2)n(C)c(=O)n3C2CCC(=O)NC2=O)CC1. The molecule has 3 heterocycles. The van der Waals surface area contributed by atoms with E-state index in [1.54, 1.807) is 11.6 Å². The first-order valence-electron chi connectivity index (χ1n) is 10.7. The summed E-state index contributed by atoms with van der Waals surface area (Å²) in [5.74, 6) is -0.684. The zero-order chi connectivity index (χ0) is 21.3. The number of nitrogens with zero attached hydrogens (tertiary/aromatic N) is 4. The van der Waals surface area contributed by atoms with E-state index in [1.165, 1.54) is 4.57 Å². The Morgan fingerprint density at radius 3 is 2.57 bits per heavy atom. The lowest BCUT2D eigenvalue weighted by molar-refractivity contribution is -0.135. The van der Waals surface area contributed by atoms with Crippen molar-refractivity contribution in [1.82, 2.24) is 24.7 Å². The zero-order valence-electron chi connectivity index (χ0n) is 17.7. The molecule has 0 saturated carbocycles. The number of rotatable bonds is 6. The van der Waals surface area contributed by atoms with Gasteiger partial charge in [-0.2, -0.15) is 0 Å². The van der Waals surface area contributed by atoms with Gasteiger partial charge in [0.25, 0.3) is 0 Å². The molecule has 2 fully saturated rings.